The number of carbonyl (C=O) groups excluding carboxylic acids is 1. The van der Waals surface area contributed by atoms with Crippen molar-refractivity contribution in [2.45, 2.75) is 45.2 Å². The Hall–Kier alpha value is -2.82. The summed E-state index contributed by atoms with van der Waals surface area (Å²) < 4.78 is 0. The minimum absolute atomic E-state index is 0.229. The van der Waals surface area contributed by atoms with E-state index in [-0.39, 0.29) is 5.91 Å². The lowest BCUT2D eigenvalue weighted by molar-refractivity contribution is -0.140. The number of hydrogen-bond donors (Lipinski definition) is 2. The smallest absolute Gasteiger partial charge is 0.326 e. The number of carboxylic acids is 1. The van der Waals surface area contributed by atoms with E-state index in [1.807, 2.05) is 49.4 Å². The van der Waals surface area contributed by atoms with Gasteiger partial charge in [0.1, 0.15) is 11.6 Å². The zero-order valence-electron chi connectivity index (χ0n) is 15.3. The molecule has 2 aromatic carbocycles. The number of aryl methyl sites for hydroxylation is 2. The van der Waals surface area contributed by atoms with Gasteiger partial charge in [-0.3, -0.25) is 9.69 Å². The highest BCUT2D eigenvalue weighted by Crippen LogP contribution is 2.37. The van der Waals surface area contributed by atoms with Crippen LogP contribution in [0.15, 0.2) is 48.5 Å². The van der Waals surface area contributed by atoms with Crippen molar-refractivity contribution in [3.05, 3.63) is 59.7 Å². The molecule has 0 radical (unpaired) electrons. The maximum absolute atomic E-state index is 13.0. The highest BCUT2D eigenvalue weighted by Gasteiger charge is 2.43. The molecular weight excluding hydrogens is 328 g/mol. The van der Waals surface area contributed by atoms with Crippen LogP contribution in [-0.4, -0.2) is 28.6 Å². The van der Waals surface area contributed by atoms with Gasteiger partial charge in [0, 0.05) is 0 Å². The quantitative estimate of drug-likeness (QED) is 0.862. The summed E-state index contributed by atoms with van der Waals surface area (Å²) in [6, 6.07) is 14.5. The summed E-state index contributed by atoms with van der Waals surface area (Å²) in [4.78, 5) is 26.5. The van der Waals surface area contributed by atoms with Crippen LogP contribution in [0.1, 0.15) is 31.4 Å². The number of anilines is 2. The monoisotopic (exact) mass is 352 g/mol. The van der Waals surface area contributed by atoms with E-state index in [1.165, 1.54) is 4.90 Å². The molecule has 1 unspecified atom stereocenters. The first-order valence-electron chi connectivity index (χ1n) is 8.79. The number of nitrogens with one attached hydrogen (secondary N) is 1. The second-order valence-electron chi connectivity index (χ2n) is 7.32. The molecule has 0 aliphatic carbocycles. The van der Waals surface area contributed by atoms with Gasteiger partial charge in [-0.05, 0) is 51.3 Å². The molecule has 0 saturated carbocycles. The average molecular weight is 352 g/mol. The van der Waals surface area contributed by atoms with Crippen LogP contribution >= 0.6 is 0 Å². The molecule has 1 aliphatic rings. The number of para-hydroxylation sites is 2. The van der Waals surface area contributed by atoms with Gasteiger partial charge >= 0.3 is 5.97 Å². The topological polar surface area (TPSA) is 69.6 Å². The van der Waals surface area contributed by atoms with Gasteiger partial charge in [0.05, 0.1) is 11.4 Å². The van der Waals surface area contributed by atoms with Gasteiger partial charge in [0.25, 0.3) is 5.91 Å². The fourth-order valence-electron chi connectivity index (χ4n) is 3.32. The minimum atomic E-state index is -0.988. The summed E-state index contributed by atoms with van der Waals surface area (Å²) in [7, 11) is 0. The number of rotatable bonds is 5. The number of carbonyl (C=O) groups is 2. The predicted molar refractivity (Wildman–Crippen MR) is 103 cm³/mol. The SMILES string of the molecule is Cc1ccc(CCC(C(=O)O)N2C(=O)C(C)(C)Nc3ccccc32)cc1. The third-order valence-electron chi connectivity index (χ3n) is 4.79. The molecule has 1 heterocycles. The van der Waals surface area contributed by atoms with Crippen molar-refractivity contribution in [1.82, 2.24) is 0 Å². The first-order valence-corrected chi connectivity index (χ1v) is 8.79. The zero-order valence-corrected chi connectivity index (χ0v) is 15.3. The van der Waals surface area contributed by atoms with Crippen molar-refractivity contribution in [3.63, 3.8) is 0 Å². The molecule has 0 saturated heterocycles. The van der Waals surface area contributed by atoms with Crippen LogP contribution < -0.4 is 10.2 Å². The van der Waals surface area contributed by atoms with E-state index in [2.05, 4.69) is 5.32 Å². The molecule has 0 spiro atoms. The number of hydrogen-bond acceptors (Lipinski definition) is 3. The number of carboxylic acid groups (broad SMARTS) is 1. The number of fused-ring (bicyclic) bond motifs is 1. The summed E-state index contributed by atoms with van der Waals surface area (Å²) in [6.07, 6.45) is 0.950. The van der Waals surface area contributed by atoms with Gasteiger partial charge in [-0.1, -0.05) is 42.0 Å². The summed E-state index contributed by atoms with van der Waals surface area (Å²) in [5.41, 5.74) is 2.77. The molecule has 1 amide bonds. The third-order valence-corrected chi connectivity index (χ3v) is 4.79. The summed E-state index contributed by atoms with van der Waals surface area (Å²) >= 11 is 0. The lowest BCUT2D eigenvalue weighted by Crippen LogP contribution is -2.59. The van der Waals surface area contributed by atoms with Gasteiger partial charge in [0.15, 0.2) is 0 Å². The first-order chi connectivity index (χ1) is 12.3. The van der Waals surface area contributed by atoms with E-state index in [9.17, 15) is 14.7 Å². The second-order valence-corrected chi connectivity index (χ2v) is 7.32. The Morgan fingerprint density at radius 3 is 2.46 bits per heavy atom. The van der Waals surface area contributed by atoms with Crippen LogP contribution in [0.3, 0.4) is 0 Å². The molecular formula is C21H24N2O3. The normalized spacial score (nSPS) is 16.6. The fourth-order valence-corrected chi connectivity index (χ4v) is 3.32. The van der Waals surface area contributed by atoms with Crippen LogP contribution in [0.5, 0.6) is 0 Å². The van der Waals surface area contributed by atoms with Crippen molar-refractivity contribution < 1.29 is 14.7 Å². The molecule has 1 aliphatic heterocycles. The Labute approximate surface area is 153 Å². The van der Waals surface area contributed by atoms with E-state index in [4.69, 9.17) is 0 Å². The Morgan fingerprint density at radius 1 is 1.15 bits per heavy atom. The Balaban J connectivity index is 1.92. The van der Waals surface area contributed by atoms with Gasteiger partial charge in [-0.25, -0.2) is 4.79 Å². The first kappa shape index (κ1) is 18.0. The number of amides is 1. The second kappa shape index (κ2) is 6.83. The van der Waals surface area contributed by atoms with Gasteiger partial charge in [-0.15, -0.1) is 0 Å². The molecule has 0 aromatic heterocycles. The fraction of sp³-hybridized carbons (Fsp3) is 0.333. The molecule has 5 nitrogen and oxygen atoms in total. The third kappa shape index (κ3) is 3.43. The molecule has 1 atom stereocenters. The molecule has 0 fully saturated rings. The molecule has 136 valence electrons. The maximum Gasteiger partial charge on any atom is 0.326 e. The Morgan fingerprint density at radius 2 is 1.81 bits per heavy atom. The van der Waals surface area contributed by atoms with E-state index >= 15 is 0 Å². The Kier molecular flexibility index (Phi) is 4.72. The Bertz CT molecular complexity index is 827. The maximum atomic E-state index is 13.0. The van der Waals surface area contributed by atoms with Crippen LogP contribution in [0.4, 0.5) is 11.4 Å². The standard InChI is InChI=1S/C21H24N2O3/c1-14-8-10-15(11-9-14)12-13-18(19(24)25)23-17-7-5-4-6-16(17)22-21(2,3)20(23)26/h4-11,18,22H,12-13H2,1-3H3,(H,24,25). The highest BCUT2D eigenvalue weighted by molar-refractivity contribution is 6.10. The van der Waals surface area contributed by atoms with Crippen LogP contribution in [0, 0.1) is 6.92 Å². The lowest BCUT2D eigenvalue weighted by atomic mass is 9.94. The average Bonchev–Trinajstić information content (AvgIpc) is 2.59. The van der Waals surface area contributed by atoms with Crippen LogP contribution in [0.2, 0.25) is 0 Å². The minimum Gasteiger partial charge on any atom is -0.480 e. The van der Waals surface area contributed by atoms with Crippen LogP contribution in [-0.2, 0) is 16.0 Å². The number of benzene rings is 2. The van der Waals surface area contributed by atoms with Gasteiger partial charge in [-0.2, -0.15) is 0 Å². The summed E-state index contributed by atoms with van der Waals surface area (Å²) in [6.45, 7) is 5.57. The highest BCUT2D eigenvalue weighted by atomic mass is 16.4. The van der Waals surface area contributed by atoms with Crippen LogP contribution in [0.25, 0.3) is 0 Å². The number of aliphatic carboxylic acids is 1. The van der Waals surface area contributed by atoms with Gasteiger partial charge in [0.2, 0.25) is 0 Å². The van der Waals surface area contributed by atoms with Crippen molar-refractivity contribution in [1.29, 1.82) is 0 Å². The van der Waals surface area contributed by atoms with E-state index in [0.29, 0.717) is 18.5 Å². The van der Waals surface area contributed by atoms with E-state index in [0.717, 1.165) is 16.8 Å². The van der Waals surface area contributed by atoms with Crippen molar-refractivity contribution in [3.8, 4) is 0 Å². The summed E-state index contributed by atoms with van der Waals surface area (Å²) in [5, 5.41) is 13.1. The molecule has 3 rings (SSSR count). The van der Waals surface area contributed by atoms with Crippen molar-refractivity contribution in [2.75, 3.05) is 10.2 Å². The largest absolute Gasteiger partial charge is 0.480 e. The lowest BCUT2D eigenvalue weighted by Gasteiger charge is -2.42. The summed E-state index contributed by atoms with van der Waals surface area (Å²) in [5.74, 6) is -1.22. The number of nitrogens with zero attached hydrogens (tertiary/aromatic N) is 1. The van der Waals surface area contributed by atoms with E-state index < -0.39 is 17.6 Å². The van der Waals surface area contributed by atoms with Crippen molar-refractivity contribution >= 4 is 23.3 Å². The molecule has 26 heavy (non-hydrogen) atoms. The van der Waals surface area contributed by atoms with E-state index in [1.54, 1.807) is 19.9 Å². The zero-order chi connectivity index (χ0) is 18.9. The molecule has 2 N–H and O–H groups in total. The molecule has 5 heteroatoms. The van der Waals surface area contributed by atoms with Gasteiger partial charge < -0.3 is 10.4 Å². The molecule has 0 bridgehead atoms. The molecule has 2 aromatic rings. The predicted octanol–water partition coefficient (Wildman–Crippen LogP) is 3.62. The van der Waals surface area contributed by atoms with Crippen molar-refractivity contribution in [2.24, 2.45) is 0 Å².